The molecule has 4 heterocycles. The van der Waals surface area contributed by atoms with Crippen molar-refractivity contribution in [2.75, 3.05) is 11.5 Å². The van der Waals surface area contributed by atoms with Crippen LogP contribution in [0.5, 0.6) is 0 Å². The van der Waals surface area contributed by atoms with Gasteiger partial charge in [0.25, 0.3) is 5.91 Å². The van der Waals surface area contributed by atoms with Crippen molar-refractivity contribution < 1.29 is 52.4 Å². The zero-order valence-electron chi connectivity index (χ0n) is 14.7. The van der Waals surface area contributed by atoms with Crippen molar-refractivity contribution in [3.63, 3.8) is 0 Å². The summed E-state index contributed by atoms with van der Waals surface area (Å²) in [5.41, 5.74) is 0.0412. The lowest BCUT2D eigenvalue weighted by atomic mass is 10.1. The van der Waals surface area contributed by atoms with Crippen LogP contribution in [-0.2, 0) is 22.7 Å². The first-order valence-corrected chi connectivity index (χ1v) is 11.3. The molecule has 1 fully saturated rings. The summed E-state index contributed by atoms with van der Waals surface area (Å²) in [4.78, 5) is 44.4. The Bertz CT molecular complexity index is 978. The molecule has 6 atom stereocenters. The number of amides is 1. The molecule has 0 saturated carbocycles. The van der Waals surface area contributed by atoms with Crippen LogP contribution in [0.3, 0.4) is 0 Å². The Labute approximate surface area is 167 Å². The molecule has 4 rings (SSSR count). The molecule has 0 radical (unpaired) electrons. The number of aliphatic hydroxyl groups is 2. The zero-order valence-corrected chi connectivity index (χ0v) is 16.5. The maximum atomic E-state index is 12.2. The molecular formula is C12H17N5O11P2. The van der Waals surface area contributed by atoms with Gasteiger partial charge >= 0.3 is 15.6 Å². The number of aliphatic hydroxyl groups excluding tert-OH is 2. The monoisotopic (exact) mass is 469 g/mol. The van der Waals surface area contributed by atoms with E-state index in [0.29, 0.717) is 0 Å². The Hall–Kier alpha value is -1.84. The van der Waals surface area contributed by atoms with Gasteiger partial charge in [0.05, 0.1) is 12.9 Å². The van der Waals surface area contributed by atoms with Crippen molar-refractivity contribution >= 4 is 27.4 Å². The second kappa shape index (κ2) is 7.39. The van der Waals surface area contributed by atoms with Crippen LogP contribution >= 0.6 is 15.6 Å². The van der Waals surface area contributed by atoms with Crippen LogP contribution in [0.25, 0.3) is 0 Å². The van der Waals surface area contributed by atoms with Gasteiger partial charge in [-0.05, 0) is 0 Å². The number of nitrogens with one attached hydrogen (secondary N) is 2. The van der Waals surface area contributed by atoms with Gasteiger partial charge in [0.15, 0.2) is 24.0 Å². The lowest BCUT2D eigenvalue weighted by Gasteiger charge is -2.32. The lowest BCUT2D eigenvalue weighted by Crippen LogP contribution is -2.54. The molecule has 7 N–H and O–H groups in total. The van der Waals surface area contributed by atoms with Crippen LogP contribution < -0.4 is 15.5 Å². The number of nitrogens with zero attached hydrogens (tertiary/aromatic N) is 3. The van der Waals surface area contributed by atoms with Crippen molar-refractivity contribution in [1.29, 1.82) is 0 Å². The minimum absolute atomic E-state index is 0.0412. The molecular weight excluding hydrogens is 452 g/mol. The van der Waals surface area contributed by atoms with Gasteiger partial charge in [-0.25, -0.2) is 14.1 Å². The zero-order chi connectivity index (χ0) is 21.8. The van der Waals surface area contributed by atoms with E-state index in [9.17, 15) is 29.0 Å². The number of ether oxygens (including phenoxy) is 1. The number of hydrogen-bond acceptors (Lipinski definition) is 11. The Kier molecular flexibility index (Phi) is 5.27. The summed E-state index contributed by atoms with van der Waals surface area (Å²) in [6.07, 6.45) is -1.97. The Morgan fingerprint density at radius 1 is 1.23 bits per heavy atom. The van der Waals surface area contributed by atoms with Crippen molar-refractivity contribution in [3.05, 3.63) is 24.4 Å². The highest BCUT2D eigenvalue weighted by Crippen LogP contribution is 2.57. The van der Waals surface area contributed by atoms with E-state index in [2.05, 4.69) is 24.5 Å². The fourth-order valence-electron chi connectivity index (χ4n) is 3.26. The molecule has 0 bridgehead atoms. The summed E-state index contributed by atoms with van der Waals surface area (Å²) in [5, 5.41) is 26.2. The van der Waals surface area contributed by atoms with E-state index < -0.39 is 59.0 Å². The predicted octanol–water partition coefficient (Wildman–Crippen LogP) is -2.36. The molecule has 3 aliphatic rings. The minimum Gasteiger partial charge on any atom is -0.387 e. The number of imidazole rings is 1. The second-order valence-corrected chi connectivity index (χ2v) is 9.30. The van der Waals surface area contributed by atoms with Gasteiger partial charge in [-0.3, -0.25) is 18.8 Å². The average Bonchev–Trinajstić information content (AvgIpc) is 3.30. The van der Waals surface area contributed by atoms with Gasteiger partial charge < -0.3 is 40.3 Å². The van der Waals surface area contributed by atoms with E-state index in [0.717, 1.165) is 0 Å². The van der Waals surface area contributed by atoms with Crippen molar-refractivity contribution in [1.82, 2.24) is 20.2 Å². The molecule has 0 spiro atoms. The molecule has 2 unspecified atom stereocenters. The quantitative estimate of drug-likeness (QED) is 0.216. The normalized spacial score (nSPS) is 32.4. The first-order chi connectivity index (χ1) is 14.0. The highest BCUT2D eigenvalue weighted by Gasteiger charge is 2.48. The number of fused-ring (bicyclic) bond motifs is 3. The molecule has 166 valence electrons. The topological polar surface area (TPSA) is 225 Å². The number of anilines is 1. The van der Waals surface area contributed by atoms with E-state index in [1.807, 2.05) is 0 Å². The number of aromatic nitrogens is 2. The first kappa shape index (κ1) is 21.4. The van der Waals surface area contributed by atoms with Crippen molar-refractivity contribution in [2.24, 2.45) is 0 Å². The van der Waals surface area contributed by atoms with E-state index in [1.165, 1.54) is 10.9 Å². The Morgan fingerprint density at radius 3 is 2.67 bits per heavy atom. The molecule has 1 aromatic rings. The number of phosphoric acid groups is 2. The van der Waals surface area contributed by atoms with Crippen LogP contribution in [0.15, 0.2) is 18.7 Å². The first-order valence-electron chi connectivity index (χ1n) is 8.31. The third kappa shape index (κ3) is 3.90. The summed E-state index contributed by atoms with van der Waals surface area (Å²) < 4.78 is 37.2. The SMILES string of the molecule is O=C1NC2NC=CN2c2c1ncn2[C@@H]1O[C@H](COP(=O)(O)OP(=O)(O)O)[C@@H](O)[C@H]1O. The summed E-state index contributed by atoms with van der Waals surface area (Å²) in [6.45, 7) is -0.840. The Morgan fingerprint density at radius 2 is 1.97 bits per heavy atom. The minimum atomic E-state index is -5.32. The number of hydrogen-bond donors (Lipinski definition) is 7. The third-order valence-electron chi connectivity index (χ3n) is 4.49. The van der Waals surface area contributed by atoms with Crippen LogP contribution in [0.1, 0.15) is 16.7 Å². The molecule has 3 aliphatic heterocycles. The standard InChI is InChI=1S/C12H17N5O11P2/c18-7-5(3-26-30(24,25)28-29(21,22)23)27-11(8(7)19)17-4-14-6-9(20)15-12-13-1-2-16(12)10(6)17/h1-2,4-5,7-8,11-13,18-19H,3H2,(H,15,20)(H,24,25)(H2,21,22,23)/t5-,7-,8-,11-,12?/m1/s1. The van der Waals surface area contributed by atoms with Gasteiger partial charge in [-0.1, -0.05) is 0 Å². The maximum Gasteiger partial charge on any atom is 0.481 e. The number of carbonyl (C=O) groups is 1. The van der Waals surface area contributed by atoms with Gasteiger partial charge in [-0.15, -0.1) is 0 Å². The van der Waals surface area contributed by atoms with Crippen LogP contribution in [0, 0.1) is 0 Å². The van der Waals surface area contributed by atoms with Crippen molar-refractivity contribution in [3.8, 4) is 0 Å². The second-order valence-electron chi connectivity index (χ2n) is 6.47. The largest absolute Gasteiger partial charge is 0.481 e. The molecule has 18 heteroatoms. The molecule has 16 nitrogen and oxygen atoms in total. The Balaban J connectivity index is 1.52. The van der Waals surface area contributed by atoms with E-state index >= 15 is 0 Å². The van der Waals surface area contributed by atoms with E-state index in [-0.39, 0.29) is 11.5 Å². The van der Waals surface area contributed by atoms with Crippen LogP contribution in [0.4, 0.5) is 5.82 Å². The average molecular weight is 469 g/mol. The van der Waals surface area contributed by atoms with Gasteiger partial charge in [-0.2, -0.15) is 4.31 Å². The van der Waals surface area contributed by atoms with Gasteiger partial charge in [0.2, 0.25) is 0 Å². The van der Waals surface area contributed by atoms with E-state index in [1.54, 1.807) is 17.3 Å². The smallest absolute Gasteiger partial charge is 0.387 e. The summed E-state index contributed by atoms with van der Waals surface area (Å²) in [7, 11) is -10.5. The summed E-state index contributed by atoms with van der Waals surface area (Å²) >= 11 is 0. The number of phosphoric ester groups is 1. The van der Waals surface area contributed by atoms with Crippen molar-refractivity contribution in [2.45, 2.75) is 30.8 Å². The fourth-order valence-corrected chi connectivity index (χ4v) is 4.86. The fraction of sp³-hybridized carbons (Fsp3) is 0.500. The van der Waals surface area contributed by atoms with Gasteiger partial charge in [0, 0.05) is 12.4 Å². The lowest BCUT2D eigenvalue weighted by molar-refractivity contribution is -0.0514. The summed E-state index contributed by atoms with van der Waals surface area (Å²) in [5.74, 6) is -0.217. The highest BCUT2D eigenvalue weighted by molar-refractivity contribution is 7.60. The molecule has 1 aromatic heterocycles. The summed E-state index contributed by atoms with van der Waals surface area (Å²) in [6, 6.07) is 0. The van der Waals surface area contributed by atoms with Crippen LogP contribution in [-0.4, -0.2) is 71.6 Å². The predicted molar refractivity (Wildman–Crippen MR) is 93.1 cm³/mol. The number of rotatable bonds is 6. The molecule has 0 aromatic carbocycles. The third-order valence-corrected chi connectivity index (χ3v) is 6.64. The molecule has 0 aliphatic carbocycles. The van der Waals surface area contributed by atoms with Gasteiger partial charge in [0.1, 0.15) is 18.3 Å². The maximum absolute atomic E-state index is 12.2. The highest BCUT2D eigenvalue weighted by atomic mass is 31.3. The molecule has 30 heavy (non-hydrogen) atoms. The van der Waals surface area contributed by atoms with Crippen LogP contribution in [0.2, 0.25) is 0 Å². The molecule has 1 saturated heterocycles. The molecule has 1 amide bonds. The van der Waals surface area contributed by atoms with E-state index in [4.69, 9.17) is 14.5 Å². The number of carbonyl (C=O) groups excluding carboxylic acids is 1.